The van der Waals surface area contributed by atoms with Crippen LogP contribution in [0.15, 0.2) is 47.6 Å². The SMILES string of the molecule is COc1cc(C=NNC(=O)Nc2ccccc2)cc(OC)c1OC. The Balaban J connectivity index is 2.04. The van der Waals surface area contributed by atoms with E-state index in [1.54, 1.807) is 24.3 Å². The van der Waals surface area contributed by atoms with Crippen LogP contribution in [0, 0.1) is 0 Å². The summed E-state index contributed by atoms with van der Waals surface area (Å²) in [5, 5.41) is 6.56. The molecule has 7 nitrogen and oxygen atoms in total. The molecule has 0 spiro atoms. The molecule has 0 heterocycles. The number of urea groups is 1. The van der Waals surface area contributed by atoms with Gasteiger partial charge < -0.3 is 19.5 Å². The summed E-state index contributed by atoms with van der Waals surface area (Å²) in [5.74, 6) is 1.51. The first kappa shape index (κ1) is 17.1. The number of hydrogen-bond acceptors (Lipinski definition) is 5. The van der Waals surface area contributed by atoms with Crippen molar-refractivity contribution >= 4 is 17.9 Å². The zero-order chi connectivity index (χ0) is 17.4. The number of amides is 2. The Morgan fingerprint density at radius 2 is 1.62 bits per heavy atom. The Bertz CT molecular complexity index is 692. The van der Waals surface area contributed by atoms with Crippen molar-refractivity contribution in [2.75, 3.05) is 26.6 Å². The third-order valence-electron chi connectivity index (χ3n) is 3.10. The van der Waals surface area contributed by atoms with E-state index in [1.807, 2.05) is 18.2 Å². The van der Waals surface area contributed by atoms with Gasteiger partial charge >= 0.3 is 6.03 Å². The topological polar surface area (TPSA) is 81.2 Å². The Hall–Kier alpha value is -3.22. The monoisotopic (exact) mass is 329 g/mol. The average molecular weight is 329 g/mol. The summed E-state index contributed by atoms with van der Waals surface area (Å²) < 4.78 is 15.8. The number of carbonyl (C=O) groups is 1. The fourth-order valence-electron chi connectivity index (χ4n) is 2.02. The molecule has 0 radical (unpaired) electrons. The van der Waals surface area contributed by atoms with Gasteiger partial charge in [0.15, 0.2) is 11.5 Å². The van der Waals surface area contributed by atoms with E-state index in [4.69, 9.17) is 14.2 Å². The van der Waals surface area contributed by atoms with Gasteiger partial charge in [0, 0.05) is 11.3 Å². The molecule has 2 aromatic rings. The van der Waals surface area contributed by atoms with E-state index in [-0.39, 0.29) is 0 Å². The summed E-state index contributed by atoms with van der Waals surface area (Å²) in [6, 6.07) is 12.1. The van der Waals surface area contributed by atoms with Gasteiger partial charge in [0.05, 0.1) is 27.5 Å². The second kappa shape index (κ2) is 8.42. The Labute approximate surface area is 140 Å². The highest BCUT2D eigenvalue weighted by Gasteiger charge is 2.12. The van der Waals surface area contributed by atoms with Crippen LogP contribution in [0.4, 0.5) is 10.5 Å². The number of ether oxygens (including phenoxy) is 3. The summed E-state index contributed by atoms with van der Waals surface area (Å²) in [7, 11) is 4.59. The molecule has 0 atom stereocenters. The molecule has 0 saturated heterocycles. The molecule has 2 N–H and O–H groups in total. The molecule has 24 heavy (non-hydrogen) atoms. The predicted octanol–water partition coefficient (Wildman–Crippen LogP) is 2.87. The number of anilines is 1. The number of carbonyl (C=O) groups excluding carboxylic acids is 1. The number of hydrazone groups is 1. The summed E-state index contributed by atoms with van der Waals surface area (Å²) in [5.41, 5.74) is 3.75. The molecule has 0 unspecified atom stereocenters. The van der Waals surface area contributed by atoms with Gasteiger partial charge in [0.1, 0.15) is 0 Å². The van der Waals surface area contributed by atoms with Crippen LogP contribution in [0.3, 0.4) is 0 Å². The van der Waals surface area contributed by atoms with Crippen LogP contribution in [-0.4, -0.2) is 33.6 Å². The molecule has 0 fully saturated rings. The van der Waals surface area contributed by atoms with Crippen LogP contribution >= 0.6 is 0 Å². The van der Waals surface area contributed by atoms with Gasteiger partial charge in [-0.1, -0.05) is 18.2 Å². The van der Waals surface area contributed by atoms with Crippen molar-refractivity contribution in [2.45, 2.75) is 0 Å². The number of rotatable bonds is 6. The molecule has 2 amide bonds. The highest BCUT2D eigenvalue weighted by atomic mass is 16.5. The molecule has 2 aromatic carbocycles. The van der Waals surface area contributed by atoms with Crippen molar-refractivity contribution in [3.63, 3.8) is 0 Å². The fraction of sp³-hybridized carbons (Fsp3) is 0.176. The first-order valence-corrected chi connectivity index (χ1v) is 7.13. The van der Waals surface area contributed by atoms with Gasteiger partial charge in [-0.05, 0) is 24.3 Å². The molecule has 0 saturated carbocycles. The maximum absolute atomic E-state index is 11.7. The number of nitrogens with zero attached hydrogens (tertiary/aromatic N) is 1. The van der Waals surface area contributed by atoms with E-state index in [0.29, 0.717) is 28.5 Å². The van der Waals surface area contributed by atoms with E-state index >= 15 is 0 Å². The van der Waals surface area contributed by atoms with Crippen molar-refractivity contribution in [1.29, 1.82) is 0 Å². The number of nitrogens with one attached hydrogen (secondary N) is 2. The average Bonchev–Trinajstić information content (AvgIpc) is 2.61. The van der Waals surface area contributed by atoms with E-state index in [0.717, 1.165) is 0 Å². The first-order valence-electron chi connectivity index (χ1n) is 7.13. The number of para-hydroxylation sites is 1. The second-order valence-corrected chi connectivity index (χ2v) is 4.65. The largest absolute Gasteiger partial charge is 0.493 e. The van der Waals surface area contributed by atoms with Crippen LogP contribution < -0.4 is 25.0 Å². The molecule has 2 rings (SSSR count). The normalized spacial score (nSPS) is 10.3. The molecule has 126 valence electrons. The molecule has 0 aliphatic rings. The highest BCUT2D eigenvalue weighted by Crippen LogP contribution is 2.37. The fourth-order valence-corrected chi connectivity index (χ4v) is 2.02. The van der Waals surface area contributed by atoms with Crippen LogP contribution in [-0.2, 0) is 0 Å². The molecule has 0 aliphatic carbocycles. The molecule has 0 aromatic heterocycles. The van der Waals surface area contributed by atoms with Crippen molar-refractivity contribution in [3.05, 3.63) is 48.0 Å². The van der Waals surface area contributed by atoms with Crippen LogP contribution in [0.5, 0.6) is 17.2 Å². The smallest absolute Gasteiger partial charge is 0.339 e. The third-order valence-corrected chi connectivity index (χ3v) is 3.10. The summed E-state index contributed by atoms with van der Waals surface area (Å²) in [4.78, 5) is 11.7. The summed E-state index contributed by atoms with van der Waals surface area (Å²) in [6.45, 7) is 0. The Morgan fingerprint density at radius 1 is 1.00 bits per heavy atom. The van der Waals surface area contributed by atoms with Crippen molar-refractivity contribution < 1.29 is 19.0 Å². The van der Waals surface area contributed by atoms with Gasteiger partial charge in [-0.2, -0.15) is 5.10 Å². The molecule has 7 heteroatoms. The molecule has 0 aliphatic heterocycles. The minimum Gasteiger partial charge on any atom is -0.493 e. The lowest BCUT2D eigenvalue weighted by atomic mass is 10.2. The number of methoxy groups -OCH3 is 3. The maximum Gasteiger partial charge on any atom is 0.339 e. The molecular weight excluding hydrogens is 310 g/mol. The third kappa shape index (κ3) is 4.39. The lowest BCUT2D eigenvalue weighted by Gasteiger charge is -2.12. The van der Waals surface area contributed by atoms with Crippen molar-refractivity contribution in [3.8, 4) is 17.2 Å². The Kier molecular flexibility index (Phi) is 6.01. The van der Waals surface area contributed by atoms with Gasteiger partial charge in [0.2, 0.25) is 5.75 Å². The summed E-state index contributed by atoms with van der Waals surface area (Å²) in [6.07, 6.45) is 1.48. The molecular formula is C17H19N3O4. The van der Waals surface area contributed by atoms with Crippen LogP contribution in [0.1, 0.15) is 5.56 Å². The first-order chi connectivity index (χ1) is 11.7. The zero-order valence-corrected chi connectivity index (χ0v) is 13.7. The standard InChI is InChI=1S/C17H19N3O4/c1-22-14-9-12(10-15(23-2)16(14)24-3)11-18-20-17(21)19-13-7-5-4-6-8-13/h4-11H,1-3H3,(H2,19,20,21). The van der Waals surface area contributed by atoms with Crippen LogP contribution in [0.25, 0.3) is 0 Å². The quantitative estimate of drug-likeness (QED) is 0.631. The Morgan fingerprint density at radius 3 is 2.17 bits per heavy atom. The predicted molar refractivity (Wildman–Crippen MR) is 92.3 cm³/mol. The maximum atomic E-state index is 11.7. The van der Waals surface area contributed by atoms with Gasteiger partial charge in [-0.15, -0.1) is 0 Å². The van der Waals surface area contributed by atoms with Gasteiger partial charge in [0.25, 0.3) is 0 Å². The van der Waals surface area contributed by atoms with Gasteiger partial charge in [-0.25, -0.2) is 10.2 Å². The van der Waals surface area contributed by atoms with E-state index in [2.05, 4.69) is 15.8 Å². The van der Waals surface area contributed by atoms with E-state index < -0.39 is 6.03 Å². The number of hydrogen-bond donors (Lipinski definition) is 2. The summed E-state index contributed by atoms with van der Waals surface area (Å²) >= 11 is 0. The minimum atomic E-state index is -0.440. The van der Waals surface area contributed by atoms with E-state index in [9.17, 15) is 4.79 Å². The van der Waals surface area contributed by atoms with Crippen LogP contribution in [0.2, 0.25) is 0 Å². The minimum absolute atomic E-state index is 0.440. The number of benzene rings is 2. The van der Waals surface area contributed by atoms with Crippen molar-refractivity contribution in [2.24, 2.45) is 5.10 Å². The zero-order valence-electron chi connectivity index (χ0n) is 13.7. The van der Waals surface area contributed by atoms with Crippen molar-refractivity contribution in [1.82, 2.24) is 5.43 Å². The second-order valence-electron chi connectivity index (χ2n) is 4.65. The van der Waals surface area contributed by atoms with E-state index in [1.165, 1.54) is 27.5 Å². The molecule has 0 bridgehead atoms. The van der Waals surface area contributed by atoms with Gasteiger partial charge in [-0.3, -0.25) is 0 Å². The lowest BCUT2D eigenvalue weighted by molar-refractivity contribution is 0.252. The lowest BCUT2D eigenvalue weighted by Crippen LogP contribution is -2.24. The highest BCUT2D eigenvalue weighted by molar-refractivity contribution is 5.90.